The summed E-state index contributed by atoms with van der Waals surface area (Å²) < 4.78 is 38.1. The van der Waals surface area contributed by atoms with Gasteiger partial charge in [-0.2, -0.15) is 0 Å². The van der Waals surface area contributed by atoms with Gasteiger partial charge in [-0.15, -0.1) is 0 Å². The first kappa shape index (κ1) is 32.7. The van der Waals surface area contributed by atoms with E-state index in [1.807, 2.05) is 20.8 Å². The minimum Gasteiger partial charge on any atom is -0.449 e. The van der Waals surface area contributed by atoms with Crippen LogP contribution in [-0.4, -0.2) is 37.5 Å². The van der Waals surface area contributed by atoms with Gasteiger partial charge in [0.1, 0.15) is 12.4 Å². The minimum absolute atomic E-state index is 0.0322. The molecule has 1 heterocycles. The van der Waals surface area contributed by atoms with Crippen molar-refractivity contribution in [3.8, 4) is 11.6 Å². The fourth-order valence-corrected chi connectivity index (χ4v) is 6.50. The molecule has 2 atom stereocenters. The molecule has 9 nitrogen and oxygen atoms in total. The molecule has 0 saturated carbocycles. The fraction of sp³-hybridized carbons (Fsp3) is 0.242. The van der Waals surface area contributed by atoms with E-state index in [4.69, 9.17) is 26.8 Å². The van der Waals surface area contributed by atoms with E-state index in [0.717, 1.165) is 0 Å². The lowest BCUT2D eigenvalue weighted by atomic mass is 9.60. The number of carbonyl (C=O) groups excluding carboxylic acids is 2. The summed E-state index contributed by atoms with van der Waals surface area (Å²) in [6.45, 7) is 5.68. The molecular formula is C33H33ClN2O7S. The summed E-state index contributed by atoms with van der Waals surface area (Å²) in [5.41, 5.74) is 5.28. The van der Waals surface area contributed by atoms with Gasteiger partial charge in [-0.3, -0.25) is 4.79 Å². The van der Waals surface area contributed by atoms with Gasteiger partial charge in [0.2, 0.25) is 15.7 Å². The highest BCUT2D eigenvalue weighted by Gasteiger charge is 2.46. The summed E-state index contributed by atoms with van der Waals surface area (Å²) in [6.07, 6.45) is 0.281. The highest BCUT2D eigenvalue weighted by atomic mass is 35.5. The molecule has 1 amide bonds. The standard InChI is InChI=1S/C33H33ClN2O7S/c1-32(2,3)33(21-42-31(35)39,19-29(38)22-6-4-8-25(34)18-22)24-9-13-27(14-10-24)44(40,41)28-15-11-26(12-16-28)43-30-23(20-37)7-5-17-36-30/h4-18,20,29,38H,19,21H2,1-3H3,(H2,35,39)/t29-,33?/m1/s1. The zero-order valence-electron chi connectivity index (χ0n) is 24.4. The third-order valence-electron chi connectivity index (χ3n) is 7.67. The van der Waals surface area contributed by atoms with Crippen LogP contribution in [0.1, 0.15) is 54.8 Å². The molecule has 230 valence electrons. The van der Waals surface area contributed by atoms with Crippen molar-refractivity contribution in [3.63, 3.8) is 0 Å². The molecule has 0 spiro atoms. The van der Waals surface area contributed by atoms with E-state index in [1.165, 1.54) is 42.6 Å². The van der Waals surface area contributed by atoms with Crippen LogP contribution in [0.3, 0.4) is 0 Å². The molecule has 0 saturated heterocycles. The number of aliphatic hydroxyl groups is 1. The van der Waals surface area contributed by atoms with Crippen LogP contribution in [0.25, 0.3) is 0 Å². The molecule has 0 aliphatic heterocycles. The Morgan fingerprint density at radius 2 is 1.64 bits per heavy atom. The van der Waals surface area contributed by atoms with Crippen LogP contribution in [0.2, 0.25) is 5.02 Å². The first-order chi connectivity index (χ1) is 20.8. The Labute approximate surface area is 261 Å². The van der Waals surface area contributed by atoms with Crippen LogP contribution in [-0.2, 0) is 20.0 Å². The van der Waals surface area contributed by atoms with Crippen LogP contribution in [0, 0.1) is 5.41 Å². The number of halogens is 1. The van der Waals surface area contributed by atoms with E-state index in [-0.39, 0.29) is 34.3 Å². The maximum atomic E-state index is 13.5. The Hall–Kier alpha value is -4.25. The van der Waals surface area contributed by atoms with Crippen molar-refractivity contribution in [2.75, 3.05) is 6.61 Å². The molecule has 3 N–H and O–H groups in total. The molecule has 0 bridgehead atoms. The number of amides is 1. The van der Waals surface area contributed by atoms with Crippen molar-refractivity contribution >= 4 is 33.8 Å². The Kier molecular flexibility index (Phi) is 9.78. The zero-order chi connectivity index (χ0) is 32.1. The highest BCUT2D eigenvalue weighted by Crippen LogP contribution is 2.48. The smallest absolute Gasteiger partial charge is 0.404 e. The quantitative estimate of drug-likeness (QED) is 0.173. The highest BCUT2D eigenvalue weighted by molar-refractivity contribution is 7.91. The summed E-state index contributed by atoms with van der Waals surface area (Å²) >= 11 is 6.16. The van der Waals surface area contributed by atoms with E-state index >= 15 is 0 Å². The molecule has 4 aromatic rings. The Bertz CT molecular complexity index is 1740. The van der Waals surface area contributed by atoms with Crippen molar-refractivity contribution in [3.05, 3.63) is 113 Å². The third-order valence-corrected chi connectivity index (χ3v) is 9.69. The minimum atomic E-state index is -3.93. The number of primary amides is 1. The van der Waals surface area contributed by atoms with E-state index < -0.39 is 32.9 Å². The summed E-state index contributed by atoms with van der Waals surface area (Å²) in [5.74, 6) is 0.417. The van der Waals surface area contributed by atoms with Crippen molar-refractivity contribution in [1.82, 2.24) is 4.98 Å². The van der Waals surface area contributed by atoms with Crippen LogP contribution >= 0.6 is 11.6 Å². The number of benzene rings is 3. The Morgan fingerprint density at radius 1 is 1.00 bits per heavy atom. The van der Waals surface area contributed by atoms with E-state index in [9.17, 15) is 23.1 Å². The second kappa shape index (κ2) is 13.2. The molecule has 3 aromatic carbocycles. The molecule has 0 aliphatic rings. The number of aliphatic hydroxyl groups excluding tert-OH is 1. The number of hydrogen-bond acceptors (Lipinski definition) is 8. The normalized spacial score (nSPS) is 13.8. The number of rotatable bonds is 11. The first-order valence-electron chi connectivity index (χ1n) is 13.7. The van der Waals surface area contributed by atoms with Crippen molar-refractivity contribution in [1.29, 1.82) is 0 Å². The molecule has 0 radical (unpaired) electrons. The Balaban J connectivity index is 1.66. The average Bonchev–Trinajstić information content (AvgIpc) is 2.99. The van der Waals surface area contributed by atoms with Gasteiger partial charge >= 0.3 is 6.09 Å². The number of aldehydes is 1. The molecule has 1 unspecified atom stereocenters. The summed E-state index contributed by atoms with van der Waals surface area (Å²) in [6, 6.07) is 22.1. The maximum Gasteiger partial charge on any atom is 0.404 e. The first-order valence-corrected chi connectivity index (χ1v) is 15.5. The van der Waals surface area contributed by atoms with E-state index in [1.54, 1.807) is 48.5 Å². The predicted octanol–water partition coefficient (Wildman–Crippen LogP) is 6.68. The number of aromatic nitrogens is 1. The topological polar surface area (TPSA) is 146 Å². The number of nitrogens with two attached hydrogens (primary N) is 1. The van der Waals surface area contributed by atoms with Gasteiger partial charge in [-0.25, -0.2) is 18.2 Å². The average molecular weight is 637 g/mol. The second-order valence-electron chi connectivity index (χ2n) is 11.3. The molecule has 0 aliphatic carbocycles. The number of pyridine rings is 1. The summed E-state index contributed by atoms with van der Waals surface area (Å²) in [7, 11) is -3.93. The number of hydrogen-bond donors (Lipinski definition) is 2. The molecule has 4 rings (SSSR count). The lowest BCUT2D eigenvalue weighted by molar-refractivity contribution is 0.0223. The summed E-state index contributed by atoms with van der Waals surface area (Å²) in [5, 5.41) is 11.8. The van der Waals surface area contributed by atoms with Gasteiger partial charge in [0, 0.05) is 16.6 Å². The predicted molar refractivity (Wildman–Crippen MR) is 166 cm³/mol. The van der Waals surface area contributed by atoms with E-state index in [0.29, 0.717) is 28.2 Å². The maximum absolute atomic E-state index is 13.5. The monoisotopic (exact) mass is 636 g/mol. The van der Waals surface area contributed by atoms with Crippen molar-refractivity contribution < 1.29 is 32.6 Å². The van der Waals surface area contributed by atoms with Gasteiger partial charge in [-0.1, -0.05) is 56.6 Å². The number of carbonyl (C=O) groups is 2. The van der Waals surface area contributed by atoms with Gasteiger partial charge in [-0.05, 0) is 83.6 Å². The van der Waals surface area contributed by atoms with Gasteiger partial charge in [0.05, 0.1) is 21.5 Å². The molecule has 11 heteroatoms. The number of sulfone groups is 1. The molecular weight excluding hydrogens is 604 g/mol. The van der Waals surface area contributed by atoms with Crippen molar-refractivity contribution in [2.45, 2.75) is 48.5 Å². The third kappa shape index (κ3) is 7.10. The van der Waals surface area contributed by atoms with Crippen LogP contribution in [0.4, 0.5) is 4.79 Å². The molecule has 44 heavy (non-hydrogen) atoms. The molecule has 1 aromatic heterocycles. The van der Waals surface area contributed by atoms with Gasteiger partial charge < -0.3 is 20.3 Å². The largest absolute Gasteiger partial charge is 0.449 e. The van der Waals surface area contributed by atoms with Gasteiger partial charge in [0.15, 0.2) is 6.29 Å². The summed E-state index contributed by atoms with van der Waals surface area (Å²) in [4.78, 5) is 27.1. The number of ether oxygens (including phenoxy) is 2. The van der Waals surface area contributed by atoms with E-state index in [2.05, 4.69) is 4.98 Å². The zero-order valence-corrected chi connectivity index (χ0v) is 26.0. The lowest BCUT2D eigenvalue weighted by Gasteiger charge is -2.46. The second-order valence-corrected chi connectivity index (χ2v) is 13.7. The number of nitrogens with zero attached hydrogens (tertiary/aromatic N) is 1. The van der Waals surface area contributed by atoms with Gasteiger partial charge in [0.25, 0.3) is 0 Å². The van der Waals surface area contributed by atoms with Crippen molar-refractivity contribution in [2.24, 2.45) is 11.1 Å². The molecule has 0 fully saturated rings. The van der Waals surface area contributed by atoms with Crippen LogP contribution in [0.5, 0.6) is 11.6 Å². The SMILES string of the molecule is CC(C)(C)C(COC(N)=O)(C[C@@H](O)c1cccc(Cl)c1)c1ccc(S(=O)(=O)c2ccc(Oc3ncccc3C=O)cc2)cc1. The Morgan fingerprint density at radius 3 is 2.20 bits per heavy atom. The lowest BCUT2D eigenvalue weighted by Crippen LogP contribution is -2.46. The fourth-order valence-electron chi connectivity index (χ4n) is 5.04. The van der Waals surface area contributed by atoms with Crippen LogP contribution < -0.4 is 10.5 Å². The van der Waals surface area contributed by atoms with Crippen LogP contribution in [0.15, 0.2) is 101 Å².